The van der Waals surface area contributed by atoms with Crippen molar-refractivity contribution < 1.29 is 19.0 Å². The Kier molecular flexibility index (Phi) is 5.16. The third-order valence-corrected chi connectivity index (χ3v) is 5.94. The molecule has 2 aliphatic heterocycles. The van der Waals surface area contributed by atoms with E-state index in [0.29, 0.717) is 47.6 Å². The molecule has 0 bridgehead atoms. The first-order chi connectivity index (χ1) is 13.4. The van der Waals surface area contributed by atoms with E-state index >= 15 is 0 Å². The average Bonchev–Trinajstić information content (AvgIpc) is 3.03. The van der Waals surface area contributed by atoms with Gasteiger partial charge in [-0.1, -0.05) is 25.4 Å². The molecule has 0 spiro atoms. The van der Waals surface area contributed by atoms with Gasteiger partial charge in [0.25, 0.3) is 0 Å². The highest BCUT2D eigenvalue weighted by molar-refractivity contribution is 6.32. The van der Waals surface area contributed by atoms with Crippen LogP contribution >= 0.6 is 11.6 Å². The van der Waals surface area contributed by atoms with E-state index in [0.717, 1.165) is 12.0 Å². The van der Waals surface area contributed by atoms with Gasteiger partial charge in [-0.25, -0.2) is 14.4 Å². The van der Waals surface area contributed by atoms with E-state index in [1.165, 1.54) is 12.3 Å². The summed E-state index contributed by atoms with van der Waals surface area (Å²) in [6.07, 6.45) is 2.31. The van der Waals surface area contributed by atoms with Crippen molar-refractivity contribution in [2.24, 2.45) is 0 Å². The second-order valence-corrected chi connectivity index (χ2v) is 8.02. The van der Waals surface area contributed by atoms with Crippen LogP contribution in [0.1, 0.15) is 32.3 Å². The fourth-order valence-electron chi connectivity index (χ4n) is 3.62. The molecule has 4 rings (SSSR count). The Labute approximate surface area is 168 Å². The lowest BCUT2D eigenvalue weighted by Gasteiger charge is -2.28. The van der Waals surface area contributed by atoms with Gasteiger partial charge in [-0.3, -0.25) is 0 Å². The molecule has 8 heteroatoms. The van der Waals surface area contributed by atoms with Gasteiger partial charge in [-0.15, -0.1) is 0 Å². The Hall–Kier alpha value is -1.96. The van der Waals surface area contributed by atoms with Gasteiger partial charge in [0.2, 0.25) is 5.95 Å². The maximum atomic E-state index is 14.7. The Morgan fingerprint density at radius 3 is 3.00 bits per heavy atom. The average molecular weight is 408 g/mol. The minimum Gasteiger partial charge on any atom is -0.489 e. The number of rotatable bonds is 4. The molecule has 3 heterocycles. The zero-order valence-corrected chi connectivity index (χ0v) is 16.6. The zero-order chi connectivity index (χ0) is 19.9. The van der Waals surface area contributed by atoms with Crippen molar-refractivity contribution in [2.45, 2.75) is 44.2 Å². The summed E-state index contributed by atoms with van der Waals surface area (Å²) < 4.78 is 25.5. The van der Waals surface area contributed by atoms with Crippen LogP contribution in [0.3, 0.4) is 0 Å². The third kappa shape index (κ3) is 3.43. The smallest absolute Gasteiger partial charge is 0.223 e. The molecule has 0 aliphatic carbocycles. The number of nitrogens with one attached hydrogen (secondary N) is 1. The summed E-state index contributed by atoms with van der Waals surface area (Å²) in [4.78, 5) is 8.71. The Balaban J connectivity index is 1.70. The Bertz CT molecular complexity index is 897. The molecule has 1 fully saturated rings. The summed E-state index contributed by atoms with van der Waals surface area (Å²) in [6.45, 7) is 5.39. The van der Waals surface area contributed by atoms with E-state index in [2.05, 4.69) is 29.1 Å². The molecule has 0 amide bonds. The van der Waals surface area contributed by atoms with Crippen molar-refractivity contribution in [1.29, 1.82) is 0 Å². The minimum atomic E-state index is -0.642. The molecule has 1 unspecified atom stereocenters. The van der Waals surface area contributed by atoms with Crippen LogP contribution in [0.25, 0.3) is 11.3 Å². The maximum Gasteiger partial charge on any atom is 0.223 e. The number of nitrogens with zero attached hydrogens (tertiary/aromatic N) is 2. The monoisotopic (exact) mass is 407 g/mol. The number of aliphatic hydroxyl groups excluding tert-OH is 1. The van der Waals surface area contributed by atoms with Crippen molar-refractivity contribution in [3.63, 3.8) is 0 Å². The summed E-state index contributed by atoms with van der Waals surface area (Å²) in [5.41, 5.74) is 1.59. The van der Waals surface area contributed by atoms with Crippen molar-refractivity contribution in [3.05, 3.63) is 34.7 Å². The first-order valence-electron chi connectivity index (χ1n) is 9.43. The normalized spacial score (nSPS) is 26.6. The highest BCUT2D eigenvalue weighted by atomic mass is 35.5. The minimum absolute atomic E-state index is 0.212. The molecule has 150 valence electrons. The number of aliphatic hydroxyl groups is 1. The lowest BCUT2D eigenvalue weighted by atomic mass is 9.81. The van der Waals surface area contributed by atoms with Crippen LogP contribution in [0.5, 0.6) is 5.75 Å². The molecule has 2 N–H and O–H groups in total. The number of anilines is 1. The molecule has 0 radical (unpaired) electrons. The summed E-state index contributed by atoms with van der Waals surface area (Å²) in [5.74, 6) is 0.219. The van der Waals surface area contributed by atoms with Gasteiger partial charge in [0, 0.05) is 23.1 Å². The molecule has 1 aromatic carbocycles. The van der Waals surface area contributed by atoms with Crippen LogP contribution in [0.15, 0.2) is 18.3 Å². The number of hydrogen-bond donors (Lipinski definition) is 2. The van der Waals surface area contributed by atoms with Crippen molar-refractivity contribution in [3.8, 4) is 17.0 Å². The molecule has 0 saturated carbocycles. The first kappa shape index (κ1) is 19.4. The number of hydrogen-bond acceptors (Lipinski definition) is 6. The van der Waals surface area contributed by atoms with E-state index in [-0.39, 0.29) is 18.1 Å². The maximum absolute atomic E-state index is 14.7. The van der Waals surface area contributed by atoms with E-state index in [9.17, 15) is 9.50 Å². The van der Waals surface area contributed by atoms with Gasteiger partial charge < -0.3 is 19.9 Å². The number of ether oxygens (including phenoxy) is 2. The van der Waals surface area contributed by atoms with E-state index in [1.807, 2.05) is 6.07 Å². The summed E-state index contributed by atoms with van der Waals surface area (Å²) in [6, 6.07) is 3.08. The van der Waals surface area contributed by atoms with Gasteiger partial charge in [-0.2, -0.15) is 0 Å². The molecule has 2 aliphatic rings. The highest BCUT2D eigenvalue weighted by Crippen LogP contribution is 2.44. The second-order valence-electron chi connectivity index (χ2n) is 7.61. The van der Waals surface area contributed by atoms with Gasteiger partial charge >= 0.3 is 0 Å². The predicted molar refractivity (Wildman–Crippen MR) is 104 cm³/mol. The fourth-order valence-corrected chi connectivity index (χ4v) is 3.82. The van der Waals surface area contributed by atoms with E-state index in [1.54, 1.807) is 0 Å². The lowest BCUT2D eigenvalue weighted by Crippen LogP contribution is -2.42. The number of aromatic nitrogens is 2. The molecule has 2 aromatic rings. The summed E-state index contributed by atoms with van der Waals surface area (Å²) in [7, 11) is 0. The van der Waals surface area contributed by atoms with Gasteiger partial charge in [0.15, 0.2) is 11.6 Å². The van der Waals surface area contributed by atoms with Crippen LogP contribution in [0.2, 0.25) is 5.02 Å². The third-order valence-electron chi connectivity index (χ3n) is 5.67. The number of benzene rings is 1. The van der Waals surface area contributed by atoms with Gasteiger partial charge in [-0.05, 0) is 25.0 Å². The topological polar surface area (TPSA) is 76.5 Å². The summed E-state index contributed by atoms with van der Waals surface area (Å²) in [5, 5.41) is 13.5. The van der Waals surface area contributed by atoms with E-state index in [4.69, 9.17) is 21.1 Å². The van der Waals surface area contributed by atoms with E-state index < -0.39 is 11.9 Å². The number of halogens is 2. The molecule has 1 aromatic heterocycles. The van der Waals surface area contributed by atoms with Gasteiger partial charge in [0.05, 0.1) is 42.3 Å². The van der Waals surface area contributed by atoms with Crippen LogP contribution in [-0.4, -0.2) is 47.0 Å². The van der Waals surface area contributed by atoms with Crippen LogP contribution < -0.4 is 10.1 Å². The molecule has 6 nitrogen and oxygen atoms in total. The second kappa shape index (κ2) is 7.46. The Morgan fingerprint density at radius 2 is 2.25 bits per heavy atom. The first-order valence-corrected chi connectivity index (χ1v) is 9.81. The Morgan fingerprint density at radius 1 is 1.43 bits per heavy atom. The fraction of sp³-hybridized carbons (Fsp3) is 0.500. The predicted octanol–water partition coefficient (Wildman–Crippen LogP) is 3.56. The van der Waals surface area contributed by atoms with Crippen LogP contribution in [0.4, 0.5) is 10.3 Å². The number of fused-ring (bicyclic) bond motifs is 1. The molecule has 1 saturated heterocycles. The van der Waals surface area contributed by atoms with Crippen molar-refractivity contribution in [2.75, 3.05) is 25.1 Å². The zero-order valence-electron chi connectivity index (χ0n) is 15.8. The molecule has 28 heavy (non-hydrogen) atoms. The lowest BCUT2D eigenvalue weighted by molar-refractivity contribution is -0.0136. The van der Waals surface area contributed by atoms with Crippen LogP contribution in [-0.2, 0) is 10.2 Å². The van der Waals surface area contributed by atoms with Crippen molar-refractivity contribution in [1.82, 2.24) is 9.97 Å². The standard InChI is InChI=1S/C20H23ClFN3O3/c1-3-20(2)10-28-18-12(20)6-11(7-14(18)22)17-13(21)8-23-19(25-17)24-15-4-5-27-9-16(15)26/h6-8,15-16,26H,3-5,9-10H2,1-2H3,(H,23,24,25)/t15-,16-,20?/m1/s1. The highest BCUT2D eigenvalue weighted by Gasteiger charge is 2.37. The summed E-state index contributed by atoms with van der Waals surface area (Å²) >= 11 is 6.33. The molecule has 3 atom stereocenters. The SMILES string of the molecule is CCC1(C)COc2c(F)cc(-c3nc(N[C@@H]4CCOC[C@H]4O)ncc3Cl)cc21. The van der Waals surface area contributed by atoms with Crippen LogP contribution in [0, 0.1) is 5.82 Å². The molecular formula is C20H23ClFN3O3. The van der Waals surface area contributed by atoms with Gasteiger partial charge in [0.1, 0.15) is 0 Å². The quantitative estimate of drug-likeness (QED) is 0.807. The molecular weight excluding hydrogens is 385 g/mol. The van der Waals surface area contributed by atoms with Crippen molar-refractivity contribution >= 4 is 17.5 Å². The largest absolute Gasteiger partial charge is 0.489 e.